The Labute approximate surface area is 87.2 Å². The maximum absolute atomic E-state index is 10.6. The van der Waals surface area contributed by atoms with Crippen LogP contribution in [0.15, 0.2) is 16.6 Å². The van der Waals surface area contributed by atoms with Crippen LogP contribution in [0.25, 0.3) is 0 Å². The van der Waals surface area contributed by atoms with E-state index in [1.54, 1.807) is 0 Å². The van der Waals surface area contributed by atoms with Crippen molar-refractivity contribution in [2.75, 3.05) is 0 Å². The summed E-state index contributed by atoms with van der Waals surface area (Å²) in [6.45, 7) is 0. The Kier molecular flexibility index (Phi) is 2.99. The van der Waals surface area contributed by atoms with Gasteiger partial charge in [0.1, 0.15) is 0 Å². The van der Waals surface area contributed by atoms with Crippen molar-refractivity contribution < 1.29 is 9.90 Å². The third kappa shape index (κ3) is 1.73. The molecule has 12 heavy (non-hydrogen) atoms. The highest BCUT2D eigenvalue weighted by Crippen LogP contribution is 2.31. The van der Waals surface area contributed by atoms with Gasteiger partial charge in [0.2, 0.25) is 0 Å². The second-order valence-corrected chi connectivity index (χ2v) is 3.66. The van der Waals surface area contributed by atoms with E-state index >= 15 is 0 Å². The van der Waals surface area contributed by atoms with E-state index in [9.17, 15) is 4.79 Å². The Morgan fingerprint density at radius 1 is 1.42 bits per heavy atom. The van der Waals surface area contributed by atoms with Gasteiger partial charge in [-0.3, -0.25) is 0 Å². The molecule has 1 aromatic rings. The number of carboxylic acids is 1. The van der Waals surface area contributed by atoms with Gasteiger partial charge < -0.3 is 5.11 Å². The summed E-state index contributed by atoms with van der Waals surface area (Å²) >= 11 is 14.3. The zero-order valence-corrected chi connectivity index (χ0v) is 8.74. The Balaban J connectivity index is 3.43. The summed E-state index contributed by atoms with van der Waals surface area (Å²) in [4.78, 5) is 10.6. The summed E-state index contributed by atoms with van der Waals surface area (Å²) in [5.74, 6) is -1.10. The average Bonchev–Trinajstić information content (AvgIpc) is 1.97. The number of benzene rings is 1. The first-order valence-electron chi connectivity index (χ1n) is 2.91. The third-order valence-corrected chi connectivity index (χ3v) is 2.72. The molecule has 1 rings (SSSR count). The summed E-state index contributed by atoms with van der Waals surface area (Å²) in [6, 6.07) is 3.07. The van der Waals surface area contributed by atoms with Crippen molar-refractivity contribution in [2.24, 2.45) is 0 Å². The predicted octanol–water partition coefficient (Wildman–Crippen LogP) is 3.45. The SMILES string of the molecule is O=C(O)c1c(Br)ccc(Cl)c1Cl. The van der Waals surface area contributed by atoms with Gasteiger partial charge in [0.05, 0.1) is 15.6 Å². The lowest BCUT2D eigenvalue weighted by Gasteiger charge is -2.02. The molecule has 0 radical (unpaired) electrons. The number of hydrogen-bond acceptors (Lipinski definition) is 1. The molecule has 0 unspecified atom stereocenters. The molecule has 0 saturated carbocycles. The van der Waals surface area contributed by atoms with Gasteiger partial charge in [0.15, 0.2) is 0 Å². The maximum atomic E-state index is 10.6. The lowest BCUT2D eigenvalue weighted by Crippen LogP contribution is -1.98. The highest BCUT2D eigenvalue weighted by Gasteiger charge is 2.15. The normalized spacial score (nSPS) is 9.92. The summed E-state index contributed by atoms with van der Waals surface area (Å²) in [5, 5.41) is 8.99. The lowest BCUT2D eigenvalue weighted by atomic mass is 10.2. The van der Waals surface area contributed by atoms with Crippen molar-refractivity contribution in [1.82, 2.24) is 0 Å². The Morgan fingerprint density at radius 3 is 2.42 bits per heavy atom. The van der Waals surface area contributed by atoms with E-state index in [0.29, 0.717) is 4.47 Å². The van der Waals surface area contributed by atoms with Crippen molar-refractivity contribution in [2.45, 2.75) is 0 Å². The molecule has 0 aliphatic rings. The van der Waals surface area contributed by atoms with Gasteiger partial charge in [0.25, 0.3) is 0 Å². The summed E-state index contributed by atoms with van der Waals surface area (Å²) < 4.78 is 0.421. The standard InChI is InChI=1S/C7H3BrCl2O2/c8-3-1-2-4(9)6(10)5(3)7(11)12/h1-2H,(H,11,12). The Morgan fingerprint density at radius 2 is 2.00 bits per heavy atom. The first-order valence-corrected chi connectivity index (χ1v) is 4.45. The van der Waals surface area contributed by atoms with Crippen molar-refractivity contribution in [1.29, 1.82) is 0 Å². The van der Waals surface area contributed by atoms with E-state index in [0.717, 1.165) is 0 Å². The van der Waals surface area contributed by atoms with Crippen LogP contribution in [0.4, 0.5) is 0 Å². The molecule has 0 fully saturated rings. The Bertz CT molecular complexity index is 338. The fraction of sp³-hybridized carbons (Fsp3) is 0. The van der Waals surface area contributed by atoms with Crippen LogP contribution in [-0.2, 0) is 0 Å². The minimum atomic E-state index is -1.10. The molecular formula is C7H3BrCl2O2. The van der Waals surface area contributed by atoms with Crippen LogP contribution < -0.4 is 0 Å². The second kappa shape index (κ2) is 3.64. The molecule has 0 saturated heterocycles. The van der Waals surface area contributed by atoms with E-state index in [2.05, 4.69) is 15.9 Å². The highest BCUT2D eigenvalue weighted by molar-refractivity contribution is 9.10. The number of carboxylic acid groups (broad SMARTS) is 1. The Hall–Kier alpha value is -0.250. The predicted molar refractivity (Wildman–Crippen MR) is 51.1 cm³/mol. The monoisotopic (exact) mass is 268 g/mol. The molecule has 0 spiro atoms. The molecule has 0 bridgehead atoms. The quantitative estimate of drug-likeness (QED) is 0.793. The topological polar surface area (TPSA) is 37.3 Å². The van der Waals surface area contributed by atoms with E-state index in [-0.39, 0.29) is 15.6 Å². The molecule has 0 aliphatic carbocycles. The van der Waals surface area contributed by atoms with Crippen LogP contribution in [0.1, 0.15) is 10.4 Å². The third-order valence-electron chi connectivity index (χ3n) is 1.26. The average molecular weight is 270 g/mol. The molecule has 1 aromatic carbocycles. The van der Waals surface area contributed by atoms with Crippen LogP contribution in [0.3, 0.4) is 0 Å². The van der Waals surface area contributed by atoms with E-state index in [1.807, 2.05) is 0 Å². The molecular weight excluding hydrogens is 267 g/mol. The first kappa shape index (κ1) is 9.84. The number of halogens is 3. The minimum absolute atomic E-state index is 0.0100. The minimum Gasteiger partial charge on any atom is -0.478 e. The molecule has 0 atom stereocenters. The zero-order chi connectivity index (χ0) is 9.30. The molecule has 0 amide bonds. The fourth-order valence-electron chi connectivity index (χ4n) is 0.723. The largest absolute Gasteiger partial charge is 0.478 e. The van der Waals surface area contributed by atoms with Crippen molar-refractivity contribution >= 4 is 45.1 Å². The van der Waals surface area contributed by atoms with E-state index in [4.69, 9.17) is 28.3 Å². The summed E-state index contributed by atoms with van der Waals surface area (Å²) in [7, 11) is 0. The van der Waals surface area contributed by atoms with E-state index < -0.39 is 5.97 Å². The highest BCUT2D eigenvalue weighted by atomic mass is 79.9. The van der Waals surface area contributed by atoms with Crippen LogP contribution in [-0.4, -0.2) is 11.1 Å². The van der Waals surface area contributed by atoms with Crippen LogP contribution in [0.5, 0.6) is 0 Å². The molecule has 0 aromatic heterocycles. The fourth-order valence-corrected chi connectivity index (χ4v) is 1.74. The summed E-state index contributed by atoms with van der Waals surface area (Å²) in [6.07, 6.45) is 0. The zero-order valence-electron chi connectivity index (χ0n) is 5.64. The van der Waals surface area contributed by atoms with Gasteiger partial charge in [-0.25, -0.2) is 4.79 Å². The van der Waals surface area contributed by atoms with Gasteiger partial charge in [-0.05, 0) is 28.1 Å². The van der Waals surface area contributed by atoms with Gasteiger partial charge in [-0.15, -0.1) is 0 Å². The molecule has 0 heterocycles. The summed E-state index contributed by atoms with van der Waals surface area (Å²) in [5.41, 5.74) is -0.0100. The number of hydrogen-bond donors (Lipinski definition) is 1. The number of rotatable bonds is 1. The van der Waals surface area contributed by atoms with Gasteiger partial charge in [0, 0.05) is 4.47 Å². The van der Waals surface area contributed by atoms with Crippen molar-refractivity contribution in [3.05, 3.63) is 32.2 Å². The molecule has 0 aliphatic heterocycles. The molecule has 2 nitrogen and oxygen atoms in total. The van der Waals surface area contributed by atoms with Crippen LogP contribution >= 0.6 is 39.1 Å². The van der Waals surface area contributed by atoms with Crippen molar-refractivity contribution in [3.8, 4) is 0 Å². The van der Waals surface area contributed by atoms with Crippen molar-refractivity contribution in [3.63, 3.8) is 0 Å². The van der Waals surface area contributed by atoms with Gasteiger partial charge in [-0.2, -0.15) is 0 Å². The molecule has 64 valence electrons. The molecule has 1 N–H and O–H groups in total. The van der Waals surface area contributed by atoms with E-state index in [1.165, 1.54) is 12.1 Å². The smallest absolute Gasteiger partial charge is 0.338 e. The maximum Gasteiger partial charge on any atom is 0.338 e. The first-order chi connectivity index (χ1) is 5.54. The van der Waals surface area contributed by atoms with Gasteiger partial charge >= 0.3 is 5.97 Å². The number of carbonyl (C=O) groups is 1. The van der Waals surface area contributed by atoms with Gasteiger partial charge in [-0.1, -0.05) is 23.2 Å². The van der Waals surface area contributed by atoms with Crippen LogP contribution in [0.2, 0.25) is 10.0 Å². The second-order valence-electron chi connectivity index (χ2n) is 2.02. The number of aromatic carboxylic acids is 1. The van der Waals surface area contributed by atoms with Crippen LogP contribution in [0, 0.1) is 0 Å². The molecule has 5 heteroatoms. The lowest BCUT2D eigenvalue weighted by molar-refractivity contribution is 0.0696.